The minimum Gasteiger partial charge on any atom is -0.384 e. The quantitative estimate of drug-likeness (QED) is 0.650. The molecule has 0 aromatic carbocycles. The minimum atomic E-state index is -0.254. The highest BCUT2D eigenvalue weighted by atomic mass is 19.1. The highest BCUT2D eigenvalue weighted by Gasteiger charge is 2.32. The molecule has 0 fully saturated rings. The number of aldehydes is 1. The summed E-state index contributed by atoms with van der Waals surface area (Å²) in [5, 5.41) is 3.04. The van der Waals surface area contributed by atoms with Gasteiger partial charge in [-0.15, -0.1) is 0 Å². The molecule has 1 heterocycles. The van der Waals surface area contributed by atoms with Crippen molar-refractivity contribution in [1.82, 2.24) is 5.32 Å². The van der Waals surface area contributed by atoms with E-state index < -0.39 is 0 Å². The Bertz CT molecular complexity index is 317. The van der Waals surface area contributed by atoms with Crippen LogP contribution in [0.3, 0.4) is 0 Å². The molecule has 1 N–H and O–H groups in total. The van der Waals surface area contributed by atoms with Gasteiger partial charge in [-0.1, -0.05) is 12.2 Å². The average molecular weight is 179 g/mol. The first-order valence-corrected chi connectivity index (χ1v) is 4.25. The molecule has 0 aromatic rings. The van der Waals surface area contributed by atoms with Gasteiger partial charge in [0.25, 0.3) is 0 Å². The van der Waals surface area contributed by atoms with E-state index in [1.54, 1.807) is 12.3 Å². The van der Waals surface area contributed by atoms with Crippen LogP contribution in [0, 0.1) is 5.92 Å². The van der Waals surface area contributed by atoms with Gasteiger partial charge in [-0.3, -0.25) is 0 Å². The fourth-order valence-corrected chi connectivity index (χ4v) is 1.79. The van der Waals surface area contributed by atoms with Gasteiger partial charge in [-0.25, -0.2) is 4.39 Å². The Morgan fingerprint density at radius 3 is 3.23 bits per heavy atom. The average Bonchev–Trinajstić information content (AvgIpc) is 2.51. The van der Waals surface area contributed by atoms with E-state index in [1.807, 2.05) is 6.08 Å². The summed E-state index contributed by atoms with van der Waals surface area (Å²) in [4.78, 5) is 10.3. The Balaban J connectivity index is 2.22. The molecular weight excluding hydrogens is 169 g/mol. The van der Waals surface area contributed by atoms with Gasteiger partial charge in [0.05, 0.1) is 12.0 Å². The lowest BCUT2D eigenvalue weighted by Gasteiger charge is -2.20. The van der Waals surface area contributed by atoms with Gasteiger partial charge in [0.2, 0.25) is 0 Å². The molecule has 2 atom stereocenters. The highest BCUT2D eigenvalue weighted by Crippen LogP contribution is 2.33. The summed E-state index contributed by atoms with van der Waals surface area (Å²) >= 11 is 0. The SMILES string of the molecule is O=CCC1=CNC2C=CC=C(F)C12. The van der Waals surface area contributed by atoms with Crippen molar-refractivity contribution in [2.75, 3.05) is 0 Å². The third-order valence-electron chi connectivity index (χ3n) is 2.41. The third kappa shape index (κ3) is 1.30. The van der Waals surface area contributed by atoms with Crippen molar-refractivity contribution < 1.29 is 9.18 Å². The minimum absolute atomic E-state index is 0.0000463. The molecule has 2 unspecified atom stereocenters. The zero-order chi connectivity index (χ0) is 9.26. The van der Waals surface area contributed by atoms with Crippen LogP contribution in [0.4, 0.5) is 4.39 Å². The van der Waals surface area contributed by atoms with Crippen LogP contribution < -0.4 is 5.32 Å². The topological polar surface area (TPSA) is 29.1 Å². The lowest BCUT2D eigenvalue weighted by molar-refractivity contribution is -0.107. The molecule has 0 aromatic heterocycles. The van der Waals surface area contributed by atoms with E-state index in [0.717, 1.165) is 11.9 Å². The van der Waals surface area contributed by atoms with E-state index in [1.165, 1.54) is 6.08 Å². The lowest BCUT2D eigenvalue weighted by atomic mass is 9.89. The number of carbonyl (C=O) groups is 1. The molecule has 0 saturated carbocycles. The lowest BCUT2D eigenvalue weighted by Crippen LogP contribution is -2.27. The molecular formula is C10H10FNO. The summed E-state index contributed by atoms with van der Waals surface area (Å²) in [6.07, 6.45) is 7.91. The molecule has 1 aliphatic carbocycles. The van der Waals surface area contributed by atoms with Crippen molar-refractivity contribution in [1.29, 1.82) is 0 Å². The predicted molar refractivity (Wildman–Crippen MR) is 47.5 cm³/mol. The number of hydrogen-bond acceptors (Lipinski definition) is 2. The summed E-state index contributed by atoms with van der Waals surface area (Å²) in [5.41, 5.74) is 0.832. The normalized spacial score (nSPS) is 30.2. The van der Waals surface area contributed by atoms with Gasteiger partial charge in [0.15, 0.2) is 0 Å². The second kappa shape index (κ2) is 3.17. The van der Waals surface area contributed by atoms with Crippen molar-refractivity contribution in [2.45, 2.75) is 12.5 Å². The summed E-state index contributed by atoms with van der Waals surface area (Å²) in [6, 6.07) is -0.0000463. The molecule has 68 valence electrons. The first-order valence-electron chi connectivity index (χ1n) is 4.25. The second-order valence-corrected chi connectivity index (χ2v) is 3.20. The number of rotatable bonds is 2. The fourth-order valence-electron chi connectivity index (χ4n) is 1.79. The molecule has 0 amide bonds. The van der Waals surface area contributed by atoms with Crippen molar-refractivity contribution in [3.05, 3.63) is 35.8 Å². The van der Waals surface area contributed by atoms with Crippen LogP contribution in [0.25, 0.3) is 0 Å². The number of nitrogens with one attached hydrogen (secondary N) is 1. The number of carbonyl (C=O) groups excluding carboxylic acids is 1. The van der Waals surface area contributed by atoms with Crippen molar-refractivity contribution >= 4 is 6.29 Å². The monoisotopic (exact) mass is 179 g/mol. The summed E-state index contributed by atoms with van der Waals surface area (Å²) in [7, 11) is 0. The number of fused-ring (bicyclic) bond motifs is 1. The maximum absolute atomic E-state index is 13.3. The van der Waals surface area contributed by atoms with E-state index in [9.17, 15) is 9.18 Å². The third-order valence-corrected chi connectivity index (χ3v) is 2.41. The van der Waals surface area contributed by atoms with E-state index >= 15 is 0 Å². The number of halogens is 1. The Labute approximate surface area is 75.8 Å². The molecule has 0 spiro atoms. The first kappa shape index (κ1) is 8.23. The van der Waals surface area contributed by atoms with Crippen molar-refractivity contribution in [2.24, 2.45) is 5.92 Å². The van der Waals surface area contributed by atoms with Crippen LogP contribution in [0.1, 0.15) is 6.42 Å². The molecule has 0 radical (unpaired) electrons. The zero-order valence-electron chi connectivity index (χ0n) is 7.03. The molecule has 2 nitrogen and oxygen atoms in total. The van der Waals surface area contributed by atoms with Gasteiger partial charge in [0, 0.05) is 6.42 Å². The Kier molecular flexibility index (Phi) is 2.00. The zero-order valence-corrected chi connectivity index (χ0v) is 7.03. The maximum atomic E-state index is 13.3. The van der Waals surface area contributed by atoms with E-state index in [-0.39, 0.29) is 17.8 Å². The first-order chi connectivity index (χ1) is 6.33. The largest absolute Gasteiger partial charge is 0.384 e. The Morgan fingerprint density at radius 1 is 1.62 bits per heavy atom. The van der Waals surface area contributed by atoms with Gasteiger partial charge in [-0.2, -0.15) is 0 Å². The van der Waals surface area contributed by atoms with Crippen LogP contribution in [-0.4, -0.2) is 12.3 Å². The Hall–Kier alpha value is -1.38. The van der Waals surface area contributed by atoms with Crippen LogP contribution in [-0.2, 0) is 4.79 Å². The van der Waals surface area contributed by atoms with Crippen molar-refractivity contribution in [3.8, 4) is 0 Å². The second-order valence-electron chi connectivity index (χ2n) is 3.20. The summed E-state index contributed by atoms with van der Waals surface area (Å²) in [6.45, 7) is 0. The summed E-state index contributed by atoms with van der Waals surface area (Å²) < 4.78 is 13.3. The standard InChI is InChI=1S/C10H10FNO/c11-8-2-1-3-9-10(8)7(4-5-13)6-12-9/h1-3,5-6,9-10,12H,4H2. The van der Waals surface area contributed by atoms with Crippen LogP contribution in [0.2, 0.25) is 0 Å². The fraction of sp³-hybridized carbons (Fsp3) is 0.300. The van der Waals surface area contributed by atoms with Gasteiger partial charge in [0.1, 0.15) is 12.1 Å². The molecule has 2 rings (SSSR count). The van der Waals surface area contributed by atoms with Crippen LogP contribution >= 0.6 is 0 Å². The van der Waals surface area contributed by atoms with Gasteiger partial charge < -0.3 is 10.1 Å². The highest BCUT2D eigenvalue weighted by molar-refractivity contribution is 5.56. The van der Waals surface area contributed by atoms with Crippen LogP contribution in [0.15, 0.2) is 35.8 Å². The van der Waals surface area contributed by atoms with Crippen molar-refractivity contribution in [3.63, 3.8) is 0 Å². The van der Waals surface area contributed by atoms with Crippen LogP contribution in [0.5, 0.6) is 0 Å². The molecule has 1 aliphatic heterocycles. The van der Waals surface area contributed by atoms with Gasteiger partial charge in [-0.05, 0) is 17.8 Å². The molecule has 0 bridgehead atoms. The molecule has 2 aliphatic rings. The van der Waals surface area contributed by atoms with E-state index in [0.29, 0.717) is 6.42 Å². The predicted octanol–water partition coefficient (Wildman–Crippen LogP) is 1.47. The molecule has 0 saturated heterocycles. The molecule has 3 heteroatoms. The summed E-state index contributed by atoms with van der Waals surface area (Å²) in [5.74, 6) is -0.416. The Morgan fingerprint density at radius 2 is 2.46 bits per heavy atom. The molecule has 13 heavy (non-hydrogen) atoms. The van der Waals surface area contributed by atoms with Gasteiger partial charge >= 0.3 is 0 Å². The number of allylic oxidation sites excluding steroid dienone is 2. The van der Waals surface area contributed by atoms with E-state index in [2.05, 4.69) is 5.32 Å². The smallest absolute Gasteiger partial charge is 0.124 e. The van der Waals surface area contributed by atoms with E-state index in [4.69, 9.17) is 0 Å². The number of hydrogen-bond donors (Lipinski definition) is 1. The maximum Gasteiger partial charge on any atom is 0.124 e.